The van der Waals surface area contributed by atoms with Crippen molar-refractivity contribution in [3.63, 3.8) is 0 Å². The Labute approximate surface area is 103 Å². The van der Waals surface area contributed by atoms with Gasteiger partial charge in [0, 0.05) is 18.6 Å². The van der Waals surface area contributed by atoms with Crippen molar-refractivity contribution in [3.8, 4) is 0 Å². The standard InChI is InChI=1S/C11H14ClF3N2/c1-3-17(7-11(13,14)15)10-8(2)4-9(5-12)6-16-10/h4,6H,3,5,7H2,1-2H3. The number of halogens is 4. The molecule has 1 rings (SSSR count). The van der Waals surface area contributed by atoms with Gasteiger partial charge in [-0.1, -0.05) is 0 Å². The second-order valence-corrected chi connectivity index (χ2v) is 4.01. The number of nitrogens with zero attached hydrogens (tertiary/aromatic N) is 2. The summed E-state index contributed by atoms with van der Waals surface area (Å²) in [6.07, 6.45) is -2.72. The highest BCUT2D eigenvalue weighted by Gasteiger charge is 2.31. The van der Waals surface area contributed by atoms with Gasteiger partial charge in [-0.2, -0.15) is 13.2 Å². The van der Waals surface area contributed by atoms with Gasteiger partial charge in [-0.05, 0) is 31.0 Å². The van der Waals surface area contributed by atoms with E-state index < -0.39 is 12.7 Å². The summed E-state index contributed by atoms with van der Waals surface area (Å²) in [6, 6.07) is 1.76. The molecule has 1 aromatic rings. The van der Waals surface area contributed by atoms with Gasteiger partial charge in [0.05, 0.1) is 0 Å². The first-order chi connectivity index (χ1) is 7.87. The third-order valence-corrected chi connectivity index (χ3v) is 2.62. The molecular weight excluding hydrogens is 253 g/mol. The van der Waals surface area contributed by atoms with Crippen LogP contribution in [0.3, 0.4) is 0 Å². The maximum Gasteiger partial charge on any atom is 0.405 e. The average molecular weight is 267 g/mol. The summed E-state index contributed by atoms with van der Waals surface area (Å²) < 4.78 is 37.1. The van der Waals surface area contributed by atoms with Crippen LogP contribution in [-0.4, -0.2) is 24.2 Å². The molecule has 0 aliphatic rings. The fraction of sp³-hybridized carbons (Fsp3) is 0.545. The van der Waals surface area contributed by atoms with Crippen molar-refractivity contribution in [2.75, 3.05) is 18.0 Å². The van der Waals surface area contributed by atoms with Crippen LogP contribution in [0.15, 0.2) is 12.3 Å². The Morgan fingerprint density at radius 2 is 2.06 bits per heavy atom. The molecule has 0 bridgehead atoms. The Bertz CT molecular complexity index is 379. The zero-order chi connectivity index (χ0) is 13.1. The Morgan fingerprint density at radius 3 is 2.47 bits per heavy atom. The maximum absolute atomic E-state index is 12.4. The van der Waals surface area contributed by atoms with Crippen molar-refractivity contribution in [1.29, 1.82) is 0 Å². The number of hydrogen-bond donors (Lipinski definition) is 0. The van der Waals surface area contributed by atoms with E-state index in [0.29, 0.717) is 17.3 Å². The normalized spacial score (nSPS) is 11.6. The Morgan fingerprint density at radius 1 is 1.41 bits per heavy atom. The van der Waals surface area contributed by atoms with Gasteiger partial charge < -0.3 is 4.90 Å². The molecule has 0 atom stereocenters. The Balaban J connectivity index is 2.96. The van der Waals surface area contributed by atoms with Gasteiger partial charge in [-0.15, -0.1) is 11.6 Å². The molecule has 0 unspecified atom stereocenters. The van der Waals surface area contributed by atoms with Gasteiger partial charge in [-0.25, -0.2) is 4.98 Å². The number of rotatable bonds is 4. The van der Waals surface area contributed by atoms with E-state index in [4.69, 9.17) is 11.6 Å². The van der Waals surface area contributed by atoms with Gasteiger partial charge in [0.2, 0.25) is 0 Å². The van der Waals surface area contributed by atoms with Crippen molar-refractivity contribution >= 4 is 17.4 Å². The first-order valence-corrected chi connectivity index (χ1v) is 5.74. The van der Waals surface area contributed by atoms with E-state index in [0.717, 1.165) is 5.56 Å². The lowest BCUT2D eigenvalue weighted by Gasteiger charge is -2.24. The highest BCUT2D eigenvalue weighted by atomic mass is 35.5. The molecule has 0 aliphatic carbocycles. The second kappa shape index (κ2) is 5.58. The van der Waals surface area contributed by atoms with Gasteiger partial charge >= 0.3 is 6.18 Å². The van der Waals surface area contributed by atoms with E-state index in [1.165, 1.54) is 11.1 Å². The zero-order valence-electron chi connectivity index (χ0n) is 9.68. The third-order valence-electron chi connectivity index (χ3n) is 2.31. The molecule has 0 N–H and O–H groups in total. The van der Waals surface area contributed by atoms with Gasteiger partial charge in [0.25, 0.3) is 0 Å². The minimum absolute atomic E-state index is 0.258. The molecule has 0 saturated heterocycles. The van der Waals surface area contributed by atoms with Crippen molar-refractivity contribution in [3.05, 3.63) is 23.4 Å². The molecule has 0 saturated carbocycles. The molecule has 6 heteroatoms. The first kappa shape index (κ1) is 14.1. The molecule has 1 aromatic heterocycles. The fourth-order valence-corrected chi connectivity index (χ4v) is 1.73. The van der Waals surface area contributed by atoms with Crippen LogP contribution in [0.4, 0.5) is 19.0 Å². The lowest BCUT2D eigenvalue weighted by molar-refractivity contribution is -0.119. The topological polar surface area (TPSA) is 16.1 Å². The molecule has 17 heavy (non-hydrogen) atoms. The van der Waals surface area contributed by atoms with Crippen LogP contribution in [0.1, 0.15) is 18.1 Å². The molecule has 0 radical (unpaired) electrons. The number of aromatic nitrogens is 1. The number of aryl methyl sites for hydroxylation is 1. The van der Waals surface area contributed by atoms with Crippen LogP contribution in [0, 0.1) is 6.92 Å². The van der Waals surface area contributed by atoms with E-state index in [9.17, 15) is 13.2 Å². The number of anilines is 1. The van der Waals surface area contributed by atoms with Crippen molar-refractivity contribution in [1.82, 2.24) is 4.98 Å². The Kier molecular flexibility index (Phi) is 4.62. The molecule has 0 aromatic carbocycles. The molecular formula is C11H14ClF3N2. The summed E-state index contributed by atoms with van der Waals surface area (Å²) in [5.74, 6) is 0.665. The van der Waals surface area contributed by atoms with Crippen molar-refractivity contribution in [2.45, 2.75) is 25.9 Å². The molecule has 2 nitrogen and oxygen atoms in total. The maximum atomic E-state index is 12.4. The molecule has 0 aliphatic heterocycles. The van der Waals surface area contributed by atoms with E-state index >= 15 is 0 Å². The summed E-state index contributed by atoms with van der Waals surface area (Å²) in [5.41, 5.74) is 1.50. The Hall–Kier alpha value is -0.970. The lowest BCUT2D eigenvalue weighted by atomic mass is 10.2. The third kappa shape index (κ3) is 4.07. The summed E-state index contributed by atoms with van der Waals surface area (Å²) in [5, 5.41) is 0. The summed E-state index contributed by atoms with van der Waals surface area (Å²) >= 11 is 5.64. The quantitative estimate of drug-likeness (QED) is 0.775. The number of hydrogen-bond acceptors (Lipinski definition) is 2. The van der Waals surface area contributed by atoms with Gasteiger partial charge in [0.1, 0.15) is 12.4 Å². The predicted octanol–water partition coefficient (Wildman–Crippen LogP) is 3.52. The van der Waals surface area contributed by atoms with Crippen LogP contribution < -0.4 is 4.90 Å². The highest BCUT2D eigenvalue weighted by Crippen LogP contribution is 2.23. The van der Waals surface area contributed by atoms with E-state index in [1.54, 1.807) is 19.9 Å². The summed E-state index contributed by atoms with van der Waals surface area (Å²) in [7, 11) is 0. The van der Waals surface area contributed by atoms with E-state index in [-0.39, 0.29) is 6.54 Å². The van der Waals surface area contributed by atoms with Crippen LogP contribution in [0.25, 0.3) is 0 Å². The zero-order valence-corrected chi connectivity index (χ0v) is 10.4. The molecule has 0 amide bonds. The van der Waals surface area contributed by atoms with Gasteiger partial charge in [-0.3, -0.25) is 0 Å². The van der Waals surface area contributed by atoms with Crippen LogP contribution in [0.5, 0.6) is 0 Å². The van der Waals surface area contributed by atoms with E-state index in [1.807, 2.05) is 0 Å². The average Bonchev–Trinajstić information content (AvgIpc) is 2.24. The molecule has 0 spiro atoms. The largest absolute Gasteiger partial charge is 0.405 e. The monoisotopic (exact) mass is 266 g/mol. The summed E-state index contributed by atoms with van der Waals surface area (Å²) in [6.45, 7) is 2.67. The highest BCUT2D eigenvalue weighted by molar-refractivity contribution is 6.17. The molecule has 96 valence electrons. The first-order valence-electron chi connectivity index (χ1n) is 5.20. The number of pyridine rings is 1. The predicted molar refractivity (Wildman–Crippen MR) is 62.5 cm³/mol. The van der Waals surface area contributed by atoms with E-state index in [2.05, 4.69) is 4.98 Å². The van der Waals surface area contributed by atoms with Crippen molar-refractivity contribution in [2.24, 2.45) is 0 Å². The van der Waals surface area contributed by atoms with Crippen LogP contribution in [-0.2, 0) is 5.88 Å². The fourth-order valence-electron chi connectivity index (χ4n) is 1.58. The van der Waals surface area contributed by atoms with Crippen molar-refractivity contribution < 1.29 is 13.2 Å². The SMILES string of the molecule is CCN(CC(F)(F)F)c1ncc(CCl)cc1C. The summed E-state index contributed by atoms with van der Waals surface area (Å²) in [4.78, 5) is 5.25. The minimum Gasteiger partial charge on any atom is -0.348 e. The molecule has 1 heterocycles. The smallest absolute Gasteiger partial charge is 0.348 e. The lowest BCUT2D eigenvalue weighted by Crippen LogP contribution is -2.35. The number of alkyl halides is 4. The van der Waals surface area contributed by atoms with Crippen LogP contribution in [0.2, 0.25) is 0 Å². The van der Waals surface area contributed by atoms with Crippen LogP contribution >= 0.6 is 11.6 Å². The second-order valence-electron chi connectivity index (χ2n) is 3.75. The molecule has 0 fully saturated rings. The van der Waals surface area contributed by atoms with Gasteiger partial charge in [0.15, 0.2) is 0 Å². The minimum atomic E-state index is -4.23.